The normalized spacial score (nSPS) is 20.8. The monoisotopic (exact) mass is 293 g/mol. The number of H-pyrrole nitrogens is 1. The number of benzene rings is 1. The number of rotatable bonds is 4. The van der Waals surface area contributed by atoms with E-state index in [1.165, 1.54) is 4.90 Å². The molecule has 1 heterocycles. The number of aromatic nitrogens is 1. The first-order valence-corrected chi connectivity index (χ1v) is 6.91. The molecule has 1 aliphatic carbocycles. The van der Waals surface area contributed by atoms with E-state index in [4.69, 9.17) is 0 Å². The van der Waals surface area contributed by atoms with Gasteiger partial charge in [-0.05, 0) is 24.1 Å². The molecule has 1 aromatic heterocycles. The molecule has 1 fully saturated rings. The van der Waals surface area contributed by atoms with Crippen molar-refractivity contribution >= 4 is 16.9 Å². The van der Waals surface area contributed by atoms with Gasteiger partial charge in [-0.1, -0.05) is 12.1 Å². The van der Waals surface area contributed by atoms with Crippen molar-refractivity contribution in [1.82, 2.24) is 15.2 Å². The molecule has 0 bridgehead atoms. The van der Waals surface area contributed by atoms with E-state index in [1.54, 1.807) is 7.05 Å². The number of nitrogens with zero attached hydrogens (tertiary/aromatic N) is 1. The van der Waals surface area contributed by atoms with Crippen LogP contribution in [0.1, 0.15) is 12.0 Å². The standard InChI is InChI=1S/C15H17F2N3O/c1-20(15(21)19-13-7-11(13)14(16)17)8-9-3-2-4-12-10(9)5-6-18-12/h2-6,11,13-14,18H,7-8H2,1H3,(H,19,21)/t11-,13-/m1/s1. The first-order valence-electron chi connectivity index (χ1n) is 6.91. The van der Waals surface area contributed by atoms with E-state index in [-0.39, 0.29) is 12.1 Å². The SMILES string of the molecule is CN(Cc1cccc2[nH]ccc12)C(=O)N[C@@H]1C[C@H]1C(F)F. The van der Waals surface area contributed by atoms with Crippen molar-refractivity contribution in [3.05, 3.63) is 36.0 Å². The third kappa shape index (κ3) is 2.84. The maximum Gasteiger partial charge on any atom is 0.317 e. The summed E-state index contributed by atoms with van der Waals surface area (Å²) in [5.74, 6) is -0.685. The van der Waals surface area contributed by atoms with Crippen molar-refractivity contribution in [2.75, 3.05) is 7.05 Å². The van der Waals surface area contributed by atoms with E-state index in [1.807, 2.05) is 30.5 Å². The van der Waals surface area contributed by atoms with Gasteiger partial charge in [0, 0.05) is 42.7 Å². The van der Waals surface area contributed by atoms with E-state index in [0.29, 0.717) is 13.0 Å². The number of aromatic amines is 1. The molecule has 1 saturated carbocycles. The molecule has 21 heavy (non-hydrogen) atoms. The van der Waals surface area contributed by atoms with Gasteiger partial charge >= 0.3 is 6.03 Å². The van der Waals surface area contributed by atoms with Gasteiger partial charge in [-0.2, -0.15) is 0 Å². The number of hydrogen-bond donors (Lipinski definition) is 2. The van der Waals surface area contributed by atoms with Gasteiger partial charge in [0.25, 0.3) is 0 Å². The minimum Gasteiger partial charge on any atom is -0.361 e. The highest BCUT2D eigenvalue weighted by Crippen LogP contribution is 2.36. The van der Waals surface area contributed by atoms with E-state index in [2.05, 4.69) is 10.3 Å². The molecule has 0 aliphatic heterocycles. The minimum atomic E-state index is -2.35. The van der Waals surface area contributed by atoms with Crippen molar-refractivity contribution in [1.29, 1.82) is 0 Å². The van der Waals surface area contributed by atoms with Gasteiger partial charge in [0.1, 0.15) is 0 Å². The number of hydrogen-bond acceptors (Lipinski definition) is 1. The highest BCUT2D eigenvalue weighted by molar-refractivity contribution is 5.83. The number of halogens is 2. The summed E-state index contributed by atoms with van der Waals surface area (Å²) in [6, 6.07) is 7.12. The lowest BCUT2D eigenvalue weighted by Crippen LogP contribution is -2.39. The molecule has 2 atom stereocenters. The number of urea groups is 1. The van der Waals surface area contributed by atoms with Gasteiger partial charge in [-0.3, -0.25) is 0 Å². The van der Waals surface area contributed by atoms with Gasteiger partial charge in [0.05, 0.1) is 0 Å². The van der Waals surface area contributed by atoms with Crippen LogP contribution in [0.2, 0.25) is 0 Å². The van der Waals surface area contributed by atoms with Gasteiger partial charge < -0.3 is 15.2 Å². The molecule has 1 aliphatic rings. The molecule has 0 unspecified atom stereocenters. The summed E-state index contributed by atoms with van der Waals surface area (Å²) in [5.41, 5.74) is 2.04. The van der Waals surface area contributed by atoms with Gasteiger partial charge in [0.15, 0.2) is 0 Å². The van der Waals surface area contributed by atoms with Crippen LogP contribution in [0.15, 0.2) is 30.5 Å². The molecule has 2 aromatic rings. The number of fused-ring (bicyclic) bond motifs is 1. The average Bonchev–Trinajstić information content (AvgIpc) is 3.04. The zero-order valence-corrected chi connectivity index (χ0v) is 11.6. The zero-order chi connectivity index (χ0) is 15.0. The molecule has 6 heteroatoms. The van der Waals surface area contributed by atoms with Gasteiger partial charge in [-0.25, -0.2) is 13.6 Å². The van der Waals surface area contributed by atoms with Crippen LogP contribution in [-0.2, 0) is 6.54 Å². The van der Waals surface area contributed by atoms with Crippen molar-refractivity contribution in [3.8, 4) is 0 Å². The number of carbonyl (C=O) groups excluding carboxylic acids is 1. The van der Waals surface area contributed by atoms with Crippen LogP contribution in [-0.4, -0.2) is 35.4 Å². The first kappa shape index (κ1) is 13.9. The first-order chi connectivity index (χ1) is 10.1. The van der Waals surface area contributed by atoms with Crippen LogP contribution in [0.5, 0.6) is 0 Å². The Hall–Kier alpha value is -2.11. The molecule has 1 aromatic carbocycles. The van der Waals surface area contributed by atoms with E-state index in [9.17, 15) is 13.6 Å². The third-order valence-corrected chi connectivity index (χ3v) is 3.91. The summed E-state index contributed by atoms with van der Waals surface area (Å²) in [4.78, 5) is 16.6. The molecule has 4 nitrogen and oxygen atoms in total. The highest BCUT2D eigenvalue weighted by Gasteiger charge is 2.45. The van der Waals surface area contributed by atoms with Gasteiger partial charge in [0.2, 0.25) is 6.43 Å². The fraction of sp³-hybridized carbons (Fsp3) is 0.400. The fourth-order valence-corrected chi connectivity index (χ4v) is 2.54. The zero-order valence-electron chi connectivity index (χ0n) is 11.6. The molecule has 2 N–H and O–H groups in total. The highest BCUT2D eigenvalue weighted by atomic mass is 19.3. The molecule has 0 saturated heterocycles. The average molecular weight is 293 g/mol. The largest absolute Gasteiger partial charge is 0.361 e. The molecule has 0 spiro atoms. The van der Waals surface area contributed by atoms with Crippen molar-refractivity contribution in [2.45, 2.75) is 25.4 Å². The van der Waals surface area contributed by atoms with Crippen LogP contribution in [0, 0.1) is 5.92 Å². The van der Waals surface area contributed by atoms with E-state index in [0.717, 1.165) is 16.5 Å². The lowest BCUT2D eigenvalue weighted by Gasteiger charge is -2.18. The second-order valence-electron chi connectivity index (χ2n) is 5.50. The van der Waals surface area contributed by atoms with E-state index >= 15 is 0 Å². The predicted molar refractivity (Wildman–Crippen MR) is 76.2 cm³/mol. The number of nitrogens with one attached hydrogen (secondary N) is 2. The quantitative estimate of drug-likeness (QED) is 0.894. The summed E-state index contributed by atoms with van der Waals surface area (Å²) in [7, 11) is 1.67. The molecule has 0 radical (unpaired) electrons. The van der Waals surface area contributed by atoms with Crippen LogP contribution in [0.3, 0.4) is 0 Å². The maximum absolute atomic E-state index is 12.4. The Morgan fingerprint density at radius 1 is 1.48 bits per heavy atom. The lowest BCUT2D eigenvalue weighted by atomic mass is 10.1. The van der Waals surface area contributed by atoms with E-state index < -0.39 is 12.3 Å². The fourth-order valence-electron chi connectivity index (χ4n) is 2.54. The summed E-state index contributed by atoms with van der Waals surface area (Å²) in [6.45, 7) is 0.438. The number of alkyl halides is 2. The number of carbonyl (C=O) groups is 1. The van der Waals surface area contributed by atoms with Crippen LogP contribution in [0.25, 0.3) is 10.9 Å². The summed E-state index contributed by atoms with van der Waals surface area (Å²) >= 11 is 0. The Balaban J connectivity index is 1.62. The maximum atomic E-state index is 12.4. The Labute approximate surface area is 121 Å². The topological polar surface area (TPSA) is 48.1 Å². The number of amides is 2. The summed E-state index contributed by atoms with van der Waals surface area (Å²) in [5, 5.41) is 3.71. The van der Waals surface area contributed by atoms with Gasteiger partial charge in [-0.15, -0.1) is 0 Å². The summed E-state index contributed by atoms with van der Waals surface area (Å²) < 4.78 is 24.9. The molecular weight excluding hydrogens is 276 g/mol. The van der Waals surface area contributed by atoms with Crippen molar-refractivity contribution < 1.29 is 13.6 Å². The Bertz CT molecular complexity index is 655. The minimum absolute atomic E-state index is 0.310. The second kappa shape index (κ2) is 5.35. The van der Waals surface area contributed by atoms with Crippen LogP contribution in [0.4, 0.5) is 13.6 Å². The Morgan fingerprint density at radius 2 is 2.29 bits per heavy atom. The summed E-state index contributed by atoms with van der Waals surface area (Å²) in [6.07, 6.45) is -0.134. The molecule has 2 amide bonds. The third-order valence-electron chi connectivity index (χ3n) is 3.91. The lowest BCUT2D eigenvalue weighted by molar-refractivity contribution is 0.118. The Kier molecular flexibility index (Phi) is 3.53. The van der Waals surface area contributed by atoms with Crippen LogP contribution < -0.4 is 5.32 Å². The van der Waals surface area contributed by atoms with Crippen LogP contribution >= 0.6 is 0 Å². The predicted octanol–water partition coefficient (Wildman–Crippen LogP) is 2.96. The second-order valence-corrected chi connectivity index (χ2v) is 5.50. The molecule has 3 rings (SSSR count). The Morgan fingerprint density at radius 3 is 3.00 bits per heavy atom. The molecule has 112 valence electrons. The smallest absolute Gasteiger partial charge is 0.317 e. The van der Waals surface area contributed by atoms with Crippen molar-refractivity contribution in [3.63, 3.8) is 0 Å². The van der Waals surface area contributed by atoms with Crippen molar-refractivity contribution in [2.24, 2.45) is 5.92 Å². The molecular formula is C15H17F2N3O.